The first kappa shape index (κ1) is 15.0. The van der Waals surface area contributed by atoms with Gasteiger partial charge in [-0.3, -0.25) is 4.79 Å². The monoisotopic (exact) mass is 297 g/mol. The molecule has 0 fully saturated rings. The van der Waals surface area contributed by atoms with Crippen LogP contribution in [0.1, 0.15) is 47.5 Å². The van der Waals surface area contributed by atoms with Gasteiger partial charge in [0.2, 0.25) is 0 Å². The van der Waals surface area contributed by atoms with Crippen LogP contribution in [0.5, 0.6) is 0 Å². The number of methoxy groups -OCH3 is 1. The van der Waals surface area contributed by atoms with E-state index in [9.17, 15) is 14.7 Å². The number of fused-ring (bicyclic) bond motifs is 1. The van der Waals surface area contributed by atoms with Gasteiger partial charge in [-0.15, -0.1) is 11.3 Å². The first-order valence-electron chi connectivity index (χ1n) is 6.61. The molecule has 1 aromatic heterocycles. The third kappa shape index (κ3) is 2.71. The Hall–Kier alpha value is -1.40. The van der Waals surface area contributed by atoms with Crippen LogP contribution in [0.2, 0.25) is 0 Å². The molecule has 2 N–H and O–H groups in total. The fourth-order valence-corrected chi connectivity index (χ4v) is 3.50. The van der Waals surface area contributed by atoms with Crippen molar-refractivity contribution < 1.29 is 19.4 Å². The molecule has 1 aliphatic carbocycles. The maximum atomic E-state index is 12.1. The normalized spacial score (nSPS) is 14.8. The molecule has 0 aromatic carbocycles. The second kappa shape index (κ2) is 5.54. The van der Waals surface area contributed by atoms with E-state index in [0.29, 0.717) is 5.00 Å². The number of aromatic carboxylic acids is 1. The van der Waals surface area contributed by atoms with Gasteiger partial charge in [0.25, 0.3) is 5.91 Å². The van der Waals surface area contributed by atoms with E-state index in [1.165, 1.54) is 18.4 Å². The molecule has 0 bridgehead atoms. The number of nitrogens with one attached hydrogen (secondary N) is 1. The molecule has 20 heavy (non-hydrogen) atoms. The highest BCUT2D eigenvalue weighted by atomic mass is 32.1. The van der Waals surface area contributed by atoms with Crippen LogP contribution in [0.25, 0.3) is 0 Å². The predicted molar refractivity (Wildman–Crippen MR) is 77.6 cm³/mol. The van der Waals surface area contributed by atoms with Crippen LogP contribution < -0.4 is 5.32 Å². The summed E-state index contributed by atoms with van der Waals surface area (Å²) >= 11 is 1.38. The predicted octanol–water partition coefficient (Wildman–Crippen LogP) is 2.69. The van der Waals surface area contributed by atoms with Crippen molar-refractivity contribution >= 4 is 28.2 Å². The summed E-state index contributed by atoms with van der Waals surface area (Å²) in [5, 5.41) is 12.6. The fraction of sp³-hybridized carbons (Fsp3) is 0.571. The highest BCUT2D eigenvalue weighted by molar-refractivity contribution is 7.17. The van der Waals surface area contributed by atoms with E-state index >= 15 is 0 Å². The summed E-state index contributed by atoms with van der Waals surface area (Å²) in [7, 11) is 1.46. The smallest absolute Gasteiger partial charge is 0.339 e. The highest BCUT2D eigenvalue weighted by Gasteiger charge is 2.31. The molecule has 0 saturated carbocycles. The molecule has 6 heteroatoms. The topological polar surface area (TPSA) is 75.6 Å². The average Bonchev–Trinajstić information content (AvgIpc) is 2.76. The number of hydrogen-bond acceptors (Lipinski definition) is 4. The van der Waals surface area contributed by atoms with Crippen LogP contribution >= 0.6 is 11.3 Å². The number of rotatable bonds is 4. The van der Waals surface area contributed by atoms with Gasteiger partial charge in [0.15, 0.2) is 0 Å². The molecule has 110 valence electrons. The van der Waals surface area contributed by atoms with Gasteiger partial charge in [-0.1, -0.05) is 0 Å². The molecule has 0 unspecified atom stereocenters. The van der Waals surface area contributed by atoms with Crippen LogP contribution in [-0.4, -0.2) is 29.7 Å². The molecule has 0 atom stereocenters. The van der Waals surface area contributed by atoms with Gasteiger partial charge in [-0.2, -0.15) is 0 Å². The minimum atomic E-state index is -0.986. The van der Waals surface area contributed by atoms with Crippen LogP contribution in [-0.2, 0) is 22.4 Å². The van der Waals surface area contributed by atoms with E-state index in [1.54, 1.807) is 13.8 Å². The largest absolute Gasteiger partial charge is 0.478 e. The Morgan fingerprint density at radius 3 is 2.55 bits per heavy atom. The summed E-state index contributed by atoms with van der Waals surface area (Å²) < 4.78 is 5.12. The number of thiophene rings is 1. The van der Waals surface area contributed by atoms with Gasteiger partial charge in [0, 0.05) is 12.0 Å². The lowest BCUT2D eigenvalue weighted by atomic mass is 9.95. The van der Waals surface area contributed by atoms with Crippen molar-refractivity contribution in [1.82, 2.24) is 0 Å². The van der Waals surface area contributed by atoms with Gasteiger partial charge < -0.3 is 15.2 Å². The number of hydrogen-bond donors (Lipinski definition) is 2. The maximum Gasteiger partial charge on any atom is 0.339 e. The van der Waals surface area contributed by atoms with E-state index < -0.39 is 11.6 Å². The molecule has 0 aliphatic heterocycles. The molecule has 5 nitrogen and oxygen atoms in total. The summed E-state index contributed by atoms with van der Waals surface area (Å²) in [6, 6.07) is 0. The summed E-state index contributed by atoms with van der Waals surface area (Å²) in [4.78, 5) is 24.7. The van der Waals surface area contributed by atoms with Gasteiger partial charge in [0.05, 0.1) is 5.56 Å². The zero-order chi connectivity index (χ0) is 14.9. The van der Waals surface area contributed by atoms with Crippen molar-refractivity contribution in [3.63, 3.8) is 0 Å². The minimum absolute atomic E-state index is 0.255. The number of aryl methyl sites for hydroxylation is 1. The number of carboxylic acids is 1. The zero-order valence-electron chi connectivity index (χ0n) is 11.9. The molecule has 0 spiro atoms. The summed E-state index contributed by atoms with van der Waals surface area (Å²) in [5.74, 6) is -1.31. The van der Waals surface area contributed by atoms with E-state index in [2.05, 4.69) is 5.32 Å². The van der Waals surface area contributed by atoms with Gasteiger partial charge in [0.1, 0.15) is 10.6 Å². The Morgan fingerprint density at radius 2 is 1.95 bits per heavy atom. The molecule has 1 aliphatic rings. The summed E-state index contributed by atoms with van der Waals surface area (Å²) in [6.45, 7) is 3.30. The van der Waals surface area contributed by atoms with Crippen LogP contribution in [0.3, 0.4) is 0 Å². The number of carbonyl (C=O) groups excluding carboxylic acids is 1. The number of amides is 1. The van der Waals surface area contributed by atoms with Gasteiger partial charge in [-0.25, -0.2) is 4.79 Å². The molecular weight excluding hydrogens is 278 g/mol. The third-order valence-corrected chi connectivity index (χ3v) is 4.88. The van der Waals surface area contributed by atoms with Crippen molar-refractivity contribution in [2.45, 2.75) is 45.1 Å². The standard InChI is InChI=1S/C14H19NO4S/c1-14(2,19-3)13(18)15-11-10(12(16)17)8-6-4-5-7-9(8)20-11/h4-7H2,1-3H3,(H,15,18)(H,16,17). The fourth-order valence-electron chi connectivity index (χ4n) is 2.23. The first-order chi connectivity index (χ1) is 9.36. The maximum absolute atomic E-state index is 12.1. The van der Waals surface area contributed by atoms with Crippen molar-refractivity contribution in [2.24, 2.45) is 0 Å². The van der Waals surface area contributed by atoms with E-state index in [1.807, 2.05) is 0 Å². The van der Waals surface area contributed by atoms with E-state index in [4.69, 9.17) is 4.74 Å². The van der Waals surface area contributed by atoms with Crippen molar-refractivity contribution in [2.75, 3.05) is 12.4 Å². The van der Waals surface area contributed by atoms with E-state index in [0.717, 1.165) is 36.1 Å². The lowest BCUT2D eigenvalue weighted by Gasteiger charge is -2.21. The highest BCUT2D eigenvalue weighted by Crippen LogP contribution is 2.38. The summed E-state index contributed by atoms with van der Waals surface area (Å²) in [5.41, 5.74) is 0.157. The van der Waals surface area contributed by atoms with Crippen molar-refractivity contribution in [3.8, 4) is 0 Å². The number of carboxylic acid groups (broad SMARTS) is 1. The summed E-state index contributed by atoms with van der Waals surface area (Å²) in [6.07, 6.45) is 3.74. The SMILES string of the molecule is COC(C)(C)C(=O)Nc1sc2c(c1C(=O)O)CCCC2. The molecule has 1 heterocycles. The van der Waals surface area contributed by atoms with Gasteiger partial charge in [-0.05, 0) is 45.1 Å². The van der Waals surface area contributed by atoms with E-state index in [-0.39, 0.29) is 11.5 Å². The molecular formula is C14H19NO4S. The Balaban J connectivity index is 2.35. The van der Waals surface area contributed by atoms with Crippen molar-refractivity contribution in [1.29, 1.82) is 0 Å². The Labute approximate surface area is 121 Å². The van der Waals surface area contributed by atoms with Crippen LogP contribution in [0, 0.1) is 0 Å². The Bertz CT molecular complexity index is 548. The lowest BCUT2D eigenvalue weighted by Crippen LogP contribution is -2.38. The second-order valence-electron chi connectivity index (χ2n) is 5.39. The minimum Gasteiger partial charge on any atom is -0.478 e. The number of anilines is 1. The second-order valence-corrected chi connectivity index (χ2v) is 6.49. The Morgan fingerprint density at radius 1 is 1.30 bits per heavy atom. The zero-order valence-corrected chi connectivity index (χ0v) is 12.7. The average molecular weight is 297 g/mol. The third-order valence-electron chi connectivity index (χ3n) is 3.67. The van der Waals surface area contributed by atoms with Crippen molar-refractivity contribution in [3.05, 3.63) is 16.0 Å². The molecule has 2 rings (SSSR count). The molecule has 0 radical (unpaired) electrons. The molecule has 0 saturated heterocycles. The quantitative estimate of drug-likeness (QED) is 0.896. The first-order valence-corrected chi connectivity index (χ1v) is 7.43. The van der Waals surface area contributed by atoms with Gasteiger partial charge >= 0.3 is 5.97 Å². The lowest BCUT2D eigenvalue weighted by molar-refractivity contribution is -0.133. The molecule has 1 amide bonds. The number of ether oxygens (including phenoxy) is 1. The van der Waals surface area contributed by atoms with Crippen LogP contribution in [0.4, 0.5) is 5.00 Å². The number of carbonyl (C=O) groups is 2. The molecule has 1 aromatic rings. The Kier molecular flexibility index (Phi) is 4.15. The van der Waals surface area contributed by atoms with Crippen LogP contribution in [0.15, 0.2) is 0 Å².